The Morgan fingerprint density at radius 3 is 2.46 bits per heavy atom. The van der Waals surface area contributed by atoms with Crippen LogP contribution in [-0.2, 0) is 16.1 Å². The predicted molar refractivity (Wildman–Crippen MR) is 198 cm³/mol. The van der Waals surface area contributed by atoms with Gasteiger partial charge in [-0.15, -0.1) is 0 Å². The van der Waals surface area contributed by atoms with Crippen molar-refractivity contribution in [2.45, 2.75) is 19.5 Å². The molecule has 252 valence electrons. The Labute approximate surface area is 301 Å². The molecule has 6 aromatic rings. The summed E-state index contributed by atoms with van der Waals surface area (Å²) in [6, 6.07) is 27.5. The van der Waals surface area contributed by atoms with E-state index in [1.807, 2.05) is 85.1 Å². The molecule has 7 rings (SSSR count). The van der Waals surface area contributed by atoms with Crippen LogP contribution in [0.1, 0.15) is 35.2 Å². The van der Waals surface area contributed by atoms with Crippen molar-refractivity contribution in [1.82, 2.24) is 9.13 Å². The standard InChI is InChI=1S/C39H31Cl2N3O5S/c1-4-49-38(46)34-35(24-10-6-5-7-11-24)42-39-44(36(34)28-16-15-26(47-2)20-32(28)48-3)37(45)33(50-39)19-25-22-43(31-13-9-8-12-27(25)31)21-23-14-17-29(40)30(41)18-23/h5-20,22,36H,4,21H2,1-3H3/b33-19-/t36-/m1/s1. The van der Waals surface area contributed by atoms with Crippen LogP contribution >= 0.6 is 34.5 Å². The zero-order valence-corrected chi connectivity index (χ0v) is 29.7. The Morgan fingerprint density at radius 1 is 0.940 bits per heavy atom. The van der Waals surface area contributed by atoms with Gasteiger partial charge in [0.25, 0.3) is 5.56 Å². The smallest absolute Gasteiger partial charge is 0.338 e. The van der Waals surface area contributed by atoms with E-state index in [4.69, 9.17) is 42.4 Å². The van der Waals surface area contributed by atoms with Crippen molar-refractivity contribution in [1.29, 1.82) is 0 Å². The highest BCUT2D eigenvalue weighted by atomic mass is 35.5. The van der Waals surface area contributed by atoms with Crippen molar-refractivity contribution in [3.8, 4) is 11.5 Å². The van der Waals surface area contributed by atoms with Gasteiger partial charge in [0, 0.05) is 46.4 Å². The highest BCUT2D eigenvalue weighted by Crippen LogP contribution is 2.40. The summed E-state index contributed by atoms with van der Waals surface area (Å²) in [5.41, 5.74) is 4.51. The van der Waals surface area contributed by atoms with Crippen LogP contribution in [0.3, 0.4) is 0 Å². The molecule has 0 saturated heterocycles. The van der Waals surface area contributed by atoms with Crippen LogP contribution in [0, 0.1) is 0 Å². The molecule has 0 bridgehead atoms. The number of thiazole rings is 1. The van der Waals surface area contributed by atoms with E-state index < -0.39 is 12.0 Å². The third-order valence-electron chi connectivity index (χ3n) is 8.55. The molecule has 11 heteroatoms. The molecular formula is C39H31Cl2N3O5S. The molecule has 2 aromatic heterocycles. The summed E-state index contributed by atoms with van der Waals surface area (Å²) in [5, 5.41) is 1.96. The minimum atomic E-state index is -0.903. The number of carbonyl (C=O) groups excluding carboxylic acids is 1. The number of hydrogen-bond donors (Lipinski definition) is 0. The topological polar surface area (TPSA) is 84.1 Å². The number of carbonyl (C=O) groups is 1. The molecule has 0 saturated carbocycles. The van der Waals surface area contributed by atoms with E-state index in [0.717, 1.165) is 27.6 Å². The second-order valence-corrected chi connectivity index (χ2v) is 13.3. The molecule has 0 amide bonds. The third-order valence-corrected chi connectivity index (χ3v) is 10.3. The second-order valence-electron chi connectivity index (χ2n) is 11.5. The van der Waals surface area contributed by atoms with Gasteiger partial charge >= 0.3 is 5.97 Å². The Bertz CT molecular complexity index is 2480. The highest BCUT2D eigenvalue weighted by Gasteiger charge is 2.37. The van der Waals surface area contributed by atoms with Gasteiger partial charge in [-0.05, 0) is 48.9 Å². The molecule has 3 heterocycles. The van der Waals surface area contributed by atoms with Gasteiger partial charge in [0.2, 0.25) is 0 Å². The summed E-state index contributed by atoms with van der Waals surface area (Å²) in [6.07, 6.45) is 3.91. The van der Waals surface area contributed by atoms with Gasteiger partial charge in [-0.2, -0.15) is 0 Å². The summed E-state index contributed by atoms with van der Waals surface area (Å²) in [4.78, 5) is 33.9. The van der Waals surface area contributed by atoms with E-state index in [0.29, 0.717) is 48.7 Å². The fraction of sp³-hybridized carbons (Fsp3) is 0.154. The van der Waals surface area contributed by atoms with Crippen molar-refractivity contribution < 1.29 is 19.0 Å². The second kappa shape index (κ2) is 14.0. The number of fused-ring (bicyclic) bond motifs is 2. The van der Waals surface area contributed by atoms with E-state index in [-0.39, 0.29) is 17.7 Å². The van der Waals surface area contributed by atoms with E-state index in [1.165, 1.54) is 11.3 Å². The molecule has 0 aliphatic carbocycles. The normalized spacial score (nSPS) is 14.4. The van der Waals surface area contributed by atoms with Gasteiger partial charge in [-0.1, -0.05) is 89.1 Å². The zero-order chi connectivity index (χ0) is 34.9. The molecule has 0 fully saturated rings. The third kappa shape index (κ3) is 6.13. The van der Waals surface area contributed by atoms with Crippen molar-refractivity contribution >= 4 is 63.2 Å². The molecule has 0 spiro atoms. The number of halogens is 2. The number of para-hydroxylation sites is 1. The summed E-state index contributed by atoms with van der Waals surface area (Å²) in [6.45, 7) is 2.44. The van der Waals surface area contributed by atoms with E-state index in [2.05, 4.69) is 4.57 Å². The number of esters is 1. The number of rotatable bonds is 9. The summed E-state index contributed by atoms with van der Waals surface area (Å²) >= 11 is 13.8. The van der Waals surface area contributed by atoms with Gasteiger partial charge < -0.3 is 18.8 Å². The first-order valence-corrected chi connectivity index (χ1v) is 17.4. The molecule has 1 aliphatic heterocycles. The monoisotopic (exact) mass is 723 g/mol. The van der Waals surface area contributed by atoms with Gasteiger partial charge in [0.1, 0.15) is 17.5 Å². The minimum absolute atomic E-state index is 0.146. The highest BCUT2D eigenvalue weighted by molar-refractivity contribution is 7.07. The summed E-state index contributed by atoms with van der Waals surface area (Å²) in [5.74, 6) is 0.447. The maximum atomic E-state index is 14.6. The van der Waals surface area contributed by atoms with Crippen LogP contribution < -0.4 is 24.4 Å². The Morgan fingerprint density at radius 2 is 1.72 bits per heavy atom. The summed E-state index contributed by atoms with van der Waals surface area (Å²) < 4.78 is 21.0. The molecule has 8 nitrogen and oxygen atoms in total. The van der Waals surface area contributed by atoms with E-state index >= 15 is 0 Å². The number of benzene rings is 4. The van der Waals surface area contributed by atoms with Gasteiger partial charge in [-0.3, -0.25) is 9.36 Å². The average Bonchev–Trinajstić information content (AvgIpc) is 3.64. The first kappa shape index (κ1) is 33.4. The van der Waals surface area contributed by atoms with Crippen LogP contribution in [0.15, 0.2) is 113 Å². The van der Waals surface area contributed by atoms with Crippen molar-refractivity contribution in [3.63, 3.8) is 0 Å². The van der Waals surface area contributed by atoms with Crippen LogP contribution in [-0.4, -0.2) is 35.9 Å². The van der Waals surface area contributed by atoms with Crippen LogP contribution in [0.2, 0.25) is 10.0 Å². The Balaban J connectivity index is 1.46. The maximum Gasteiger partial charge on any atom is 0.338 e. The molecule has 0 N–H and O–H groups in total. The number of hydrogen-bond acceptors (Lipinski definition) is 7. The largest absolute Gasteiger partial charge is 0.497 e. The van der Waals surface area contributed by atoms with Gasteiger partial charge in [0.15, 0.2) is 4.80 Å². The number of aromatic nitrogens is 2. The lowest BCUT2D eigenvalue weighted by molar-refractivity contribution is -0.138. The first-order valence-electron chi connectivity index (χ1n) is 15.8. The lowest BCUT2D eigenvalue weighted by atomic mass is 9.92. The Kier molecular flexibility index (Phi) is 9.38. The average molecular weight is 725 g/mol. The fourth-order valence-electron chi connectivity index (χ4n) is 6.28. The summed E-state index contributed by atoms with van der Waals surface area (Å²) in [7, 11) is 3.11. The fourth-order valence-corrected chi connectivity index (χ4v) is 7.59. The number of methoxy groups -OCH3 is 2. The molecule has 4 aromatic carbocycles. The minimum Gasteiger partial charge on any atom is -0.497 e. The van der Waals surface area contributed by atoms with Crippen molar-refractivity contribution in [2.24, 2.45) is 4.99 Å². The van der Waals surface area contributed by atoms with Crippen LogP contribution in [0.4, 0.5) is 0 Å². The Hall–Kier alpha value is -5.09. The molecule has 0 unspecified atom stereocenters. The molecule has 1 aliphatic rings. The number of ether oxygens (including phenoxy) is 3. The lowest BCUT2D eigenvalue weighted by Crippen LogP contribution is -2.40. The molecule has 50 heavy (non-hydrogen) atoms. The van der Waals surface area contributed by atoms with E-state index in [9.17, 15) is 9.59 Å². The predicted octanol–water partition coefficient (Wildman–Crippen LogP) is 7.26. The molecular weight excluding hydrogens is 693 g/mol. The van der Waals surface area contributed by atoms with Crippen molar-refractivity contribution in [2.75, 3.05) is 20.8 Å². The lowest BCUT2D eigenvalue weighted by Gasteiger charge is -2.27. The quantitative estimate of drug-likeness (QED) is 0.147. The van der Waals surface area contributed by atoms with Gasteiger partial charge in [0.05, 0.1) is 46.7 Å². The van der Waals surface area contributed by atoms with Crippen LogP contribution in [0.25, 0.3) is 22.7 Å². The molecule has 0 radical (unpaired) electrons. The van der Waals surface area contributed by atoms with Crippen molar-refractivity contribution in [3.05, 3.63) is 155 Å². The zero-order valence-electron chi connectivity index (χ0n) is 27.4. The van der Waals surface area contributed by atoms with Gasteiger partial charge in [-0.25, -0.2) is 9.79 Å². The van der Waals surface area contributed by atoms with E-state index in [1.54, 1.807) is 43.9 Å². The SMILES string of the molecule is CCOC(=O)C1=C(c2ccccc2)N=c2s/c(=C\c3cn(Cc4ccc(Cl)c(Cl)c4)c4ccccc34)c(=O)n2[C@@H]1c1ccc(OC)cc1OC. The maximum absolute atomic E-state index is 14.6. The van der Waals surface area contributed by atoms with Crippen LogP contribution in [0.5, 0.6) is 11.5 Å². The first-order chi connectivity index (χ1) is 24.3. The molecule has 1 atom stereocenters. The number of nitrogens with zero attached hydrogens (tertiary/aromatic N) is 3.